The van der Waals surface area contributed by atoms with Crippen LogP contribution in [0, 0.1) is 0 Å². The number of fused-ring (bicyclic) bond motifs is 1. The van der Waals surface area contributed by atoms with Crippen molar-refractivity contribution < 1.29 is 14.3 Å². The van der Waals surface area contributed by atoms with Crippen LogP contribution >= 0.6 is 0 Å². The van der Waals surface area contributed by atoms with Crippen molar-refractivity contribution >= 4 is 17.5 Å². The quantitative estimate of drug-likeness (QED) is 0.701. The normalized spacial score (nSPS) is 14.2. The molecule has 1 aliphatic rings. The van der Waals surface area contributed by atoms with E-state index in [4.69, 9.17) is 4.74 Å². The number of ether oxygens (including phenoxy) is 1. The zero-order valence-corrected chi connectivity index (χ0v) is 14.2. The summed E-state index contributed by atoms with van der Waals surface area (Å²) in [6.45, 7) is 2.01. The van der Waals surface area contributed by atoms with E-state index in [2.05, 4.69) is 15.5 Å². The molecule has 1 fully saturated rings. The number of rotatable bonds is 8. The number of carbonyl (C=O) groups excluding carboxylic acids is 2. The van der Waals surface area contributed by atoms with Gasteiger partial charge in [0.05, 0.1) is 0 Å². The van der Waals surface area contributed by atoms with Crippen LogP contribution in [0.5, 0.6) is 0 Å². The molecule has 0 spiro atoms. The molecule has 0 aliphatic carbocycles. The number of likely N-dealkylation sites (tertiary alicyclic amines) is 1. The van der Waals surface area contributed by atoms with Crippen molar-refractivity contribution in [3.63, 3.8) is 0 Å². The highest BCUT2D eigenvalue weighted by Gasteiger charge is 2.17. The molecule has 8 heteroatoms. The van der Waals surface area contributed by atoms with Crippen LogP contribution < -0.4 is 5.32 Å². The van der Waals surface area contributed by atoms with Crippen molar-refractivity contribution in [1.29, 1.82) is 0 Å². The molecule has 1 saturated heterocycles. The summed E-state index contributed by atoms with van der Waals surface area (Å²) in [5, 5.41) is 11.0. The van der Waals surface area contributed by atoms with Crippen LogP contribution in [0.2, 0.25) is 0 Å². The number of pyridine rings is 1. The van der Waals surface area contributed by atoms with Gasteiger partial charge < -0.3 is 15.0 Å². The highest BCUT2D eigenvalue weighted by atomic mass is 16.5. The van der Waals surface area contributed by atoms with Gasteiger partial charge in [0.15, 0.2) is 5.65 Å². The number of hydrogen-bond donors (Lipinski definition) is 1. The van der Waals surface area contributed by atoms with Crippen LogP contribution in [-0.2, 0) is 20.7 Å². The maximum absolute atomic E-state index is 11.8. The van der Waals surface area contributed by atoms with Crippen LogP contribution in [0.3, 0.4) is 0 Å². The maximum atomic E-state index is 11.8. The molecular weight excluding hydrogens is 322 g/mol. The second-order valence-corrected chi connectivity index (χ2v) is 6.08. The van der Waals surface area contributed by atoms with Crippen molar-refractivity contribution in [1.82, 2.24) is 24.8 Å². The van der Waals surface area contributed by atoms with Crippen molar-refractivity contribution in [3.8, 4) is 0 Å². The molecular formula is C17H23N5O3. The predicted molar refractivity (Wildman–Crippen MR) is 91.0 cm³/mol. The number of aryl methyl sites for hydroxylation is 1. The Morgan fingerprint density at radius 2 is 2.00 bits per heavy atom. The summed E-state index contributed by atoms with van der Waals surface area (Å²) in [6, 6.07) is 5.75. The smallest absolute Gasteiger partial charge is 0.248 e. The molecule has 0 saturated carbocycles. The molecule has 2 aromatic rings. The lowest BCUT2D eigenvalue weighted by molar-refractivity contribution is -0.137. The summed E-state index contributed by atoms with van der Waals surface area (Å²) in [6.07, 6.45) is 5.50. The van der Waals surface area contributed by atoms with Crippen LogP contribution in [0.1, 0.15) is 25.1 Å². The molecule has 0 aromatic carbocycles. The molecule has 25 heavy (non-hydrogen) atoms. The lowest BCUT2D eigenvalue weighted by Crippen LogP contribution is -2.34. The van der Waals surface area contributed by atoms with Crippen molar-refractivity contribution in [2.24, 2.45) is 0 Å². The highest BCUT2D eigenvalue weighted by molar-refractivity contribution is 5.79. The molecule has 0 radical (unpaired) electrons. The lowest BCUT2D eigenvalue weighted by atomic mass is 10.3. The average molecular weight is 345 g/mol. The summed E-state index contributed by atoms with van der Waals surface area (Å²) in [7, 11) is 0. The van der Waals surface area contributed by atoms with Gasteiger partial charge in [-0.3, -0.25) is 14.0 Å². The van der Waals surface area contributed by atoms with Gasteiger partial charge in [-0.15, -0.1) is 10.2 Å². The Kier molecular flexibility index (Phi) is 5.95. The molecule has 3 rings (SSSR count). The van der Waals surface area contributed by atoms with E-state index in [-0.39, 0.29) is 25.0 Å². The number of amides is 2. The molecule has 2 amide bonds. The van der Waals surface area contributed by atoms with Crippen molar-refractivity contribution in [2.45, 2.75) is 25.7 Å². The minimum atomic E-state index is -0.208. The van der Waals surface area contributed by atoms with Gasteiger partial charge in [-0.25, -0.2) is 0 Å². The Labute approximate surface area is 146 Å². The van der Waals surface area contributed by atoms with E-state index < -0.39 is 0 Å². The van der Waals surface area contributed by atoms with Crippen LogP contribution in [0.15, 0.2) is 24.4 Å². The first kappa shape index (κ1) is 17.3. The number of nitrogens with zero attached hydrogens (tertiary/aromatic N) is 4. The molecule has 0 atom stereocenters. The molecule has 2 aromatic heterocycles. The summed E-state index contributed by atoms with van der Waals surface area (Å²) >= 11 is 0. The first-order chi connectivity index (χ1) is 12.2. The number of aromatic nitrogens is 3. The minimum Gasteiger partial charge on any atom is -0.362 e. The maximum Gasteiger partial charge on any atom is 0.248 e. The number of carbonyl (C=O) groups is 2. The van der Waals surface area contributed by atoms with Crippen LogP contribution in [0.25, 0.3) is 5.65 Å². The van der Waals surface area contributed by atoms with Gasteiger partial charge in [-0.1, -0.05) is 6.07 Å². The predicted octanol–water partition coefficient (Wildman–Crippen LogP) is 0.417. The van der Waals surface area contributed by atoms with Gasteiger partial charge in [0, 0.05) is 32.3 Å². The second-order valence-electron chi connectivity index (χ2n) is 6.08. The third-order valence-electron chi connectivity index (χ3n) is 4.20. The molecule has 8 nitrogen and oxygen atoms in total. The van der Waals surface area contributed by atoms with E-state index in [1.165, 1.54) is 0 Å². The van der Waals surface area contributed by atoms with E-state index in [0.29, 0.717) is 6.54 Å². The lowest BCUT2D eigenvalue weighted by Gasteiger charge is -2.14. The molecule has 134 valence electrons. The summed E-state index contributed by atoms with van der Waals surface area (Å²) in [5.74, 6) is 0.626. The average Bonchev–Trinajstić information content (AvgIpc) is 3.29. The third-order valence-corrected chi connectivity index (χ3v) is 4.20. The van der Waals surface area contributed by atoms with E-state index >= 15 is 0 Å². The van der Waals surface area contributed by atoms with E-state index in [1.54, 1.807) is 4.90 Å². The van der Waals surface area contributed by atoms with E-state index in [1.807, 2.05) is 28.8 Å². The molecule has 1 aliphatic heterocycles. The number of nitrogens with one attached hydrogen (secondary N) is 1. The second kappa shape index (κ2) is 8.57. The Bertz CT molecular complexity index is 724. The summed E-state index contributed by atoms with van der Waals surface area (Å²) in [5.41, 5.74) is 0.817. The first-order valence-electron chi connectivity index (χ1n) is 8.65. The van der Waals surface area contributed by atoms with Gasteiger partial charge in [0.1, 0.15) is 19.0 Å². The van der Waals surface area contributed by atoms with Gasteiger partial charge in [-0.05, 0) is 31.4 Å². The SMILES string of the molecule is O=C(COCC(=O)N1CCCC1)NCCCc1nnc2ccccn12. The molecule has 0 unspecified atom stereocenters. The zero-order valence-electron chi connectivity index (χ0n) is 14.2. The van der Waals surface area contributed by atoms with Gasteiger partial charge in [0.25, 0.3) is 0 Å². The molecule has 3 heterocycles. The number of hydrogen-bond acceptors (Lipinski definition) is 5. The van der Waals surface area contributed by atoms with Gasteiger partial charge in [0.2, 0.25) is 11.8 Å². The molecule has 1 N–H and O–H groups in total. The third kappa shape index (κ3) is 4.76. The fraction of sp³-hybridized carbons (Fsp3) is 0.529. The monoisotopic (exact) mass is 345 g/mol. The van der Waals surface area contributed by atoms with Crippen molar-refractivity contribution in [3.05, 3.63) is 30.2 Å². The van der Waals surface area contributed by atoms with Crippen LogP contribution in [0.4, 0.5) is 0 Å². The van der Waals surface area contributed by atoms with Gasteiger partial charge >= 0.3 is 0 Å². The Morgan fingerprint density at radius 3 is 2.84 bits per heavy atom. The fourth-order valence-corrected chi connectivity index (χ4v) is 2.88. The van der Waals surface area contributed by atoms with Crippen molar-refractivity contribution in [2.75, 3.05) is 32.8 Å². The first-order valence-corrected chi connectivity index (χ1v) is 8.65. The fourth-order valence-electron chi connectivity index (χ4n) is 2.88. The minimum absolute atomic E-state index is 0.0286. The Balaban J connectivity index is 1.29. The summed E-state index contributed by atoms with van der Waals surface area (Å²) < 4.78 is 7.14. The Hall–Kier alpha value is -2.48. The van der Waals surface area contributed by atoms with E-state index in [0.717, 1.165) is 50.2 Å². The zero-order chi connectivity index (χ0) is 17.5. The standard InChI is InChI=1S/C17H23N5O3/c23-16(12-25-13-17(24)21-9-3-4-10-21)18-8-5-7-15-20-19-14-6-1-2-11-22(14)15/h1-2,6,11H,3-5,7-10,12-13H2,(H,18,23). The highest BCUT2D eigenvalue weighted by Crippen LogP contribution is 2.07. The van der Waals surface area contributed by atoms with Gasteiger partial charge in [-0.2, -0.15) is 0 Å². The van der Waals surface area contributed by atoms with Crippen LogP contribution in [-0.4, -0.2) is 64.2 Å². The summed E-state index contributed by atoms with van der Waals surface area (Å²) in [4.78, 5) is 25.3. The largest absolute Gasteiger partial charge is 0.362 e. The van der Waals surface area contributed by atoms with E-state index in [9.17, 15) is 9.59 Å². The molecule has 0 bridgehead atoms. The Morgan fingerprint density at radius 1 is 1.16 bits per heavy atom. The topological polar surface area (TPSA) is 88.8 Å².